The highest BCUT2D eigenvalue weighted by Gasteiger charge is 2.23. The first-order valence-corrected chi connectivity index (χ1v) is 7.28. The Hall–Kier alpha value is -1.16. The summed E-state index contributed by atoms with van der Waals surface area (Å²) in [6.45, 7) is 5.74. The summed E-state index contributed by atoms with van der Waals surface area (Å²) >= 11 is 1.80. The molecule has 1 fully saturated rings. The van der Waals surface area contributed by atoms with Crippen molar-refractivity contribution in [1.29, 1.82) is 0 Å². The molecule has 1 aliphatic rings. The van der Waals surface area contributed by atoms with Crippen LogP contribution in [-0.2, 0) is 0 Å². The molecule has 2 rings (SSSR count). The zero-order chi connectivity index (χ0) is 12.8. The third kappa shape index (κ3) is 4.26. The summed E-state index contributed by atoms with van der Waals surface area (Å²) in [6.07, 6.45) is 1.18. The van der Waals surface area contributed by atoms with Crippen LogP contribution < -0.4 is 10.1 Å². The van der Waals surface area contributed by atoms with Crippen LogP contribution in [0.4, 0.5) is 0 Å². The number of amidine groups is 1. The van der Waals surface area contributed by atoms with Gasteiger partial charge >= 0.3 is 0 Å². The average molecular weight is 264 g/mol. The van der Waals surface area contributed by atoms with Crippen molar-refractivity contribution in [3.63, 3.8) is 0 Å². The van der Waals surface area contributed by atoms with Crippen molar-refractivity contribution in [1.82, 2.24) is 5.32 Å². The second kappa shape index (κ2) is 6.14. The van der Waals surface area contributed by atoms with E-state index in [1.165, 1.54) is 6.42 Å². The number of rotatable bonds is 4. The van der Waals surface area contributed by atoms with Crippen LogP contribution in [0.5, 0.6) is 5.75 Å². The molecule has 3 nitrogen and oxygen atoms in total. The van der Waals surface area contributed by atoms with Crippen molar-refractivity contribution >= 4 is 16.9 Å². The van der Waals surface area contributed by atoms with Crippen molar-refractivity contribution in [2.24, 2.45) is 4.99 Å². The lowest BCUT2D eigenvalue weighted by molar-refractivity contribution is 0.328. The summed E-state index contributed by atoms with van der Waals surface area (Å²) in [5.41, 5.74) is 0.171. The number of benzene rings is 1. The fourth-order valence-electron chi connectivity index (χ4n) is 1.70. The van der Waals surface area contributed by atoms with Crippen LogP contribution >= 0.6 is 11.8 Å². The number of nitrogens with one attached hydrogen (secondary N) is 1. The molecule has 0 saturated carbocycles. The molecule has 98 valence electrons. The SMILES string of the molecule is CC1(C)CCSC(=NCCOc2ccccc2)N1. The minimum atomic E-state index is 0.171. The predicted molar refractivity (Wildman–Crippen MR) is 78.5 cm³/mol. The smallest absolute Gasteiger partial charge is 0.157 e. The highest BCUT2D eigenvalue weighted by atomic mass is 32.2. The summed E-state index contributed by atoms with van der Waals surface area (Å²) in [5.74, 6) is 2.04. The Morgan fingerprint density at radius 3 is 2.83 bits per heavy atom. The maximum atomic E-state index is 5.60. The van der Waals surface area contributed by atoms with E-state index in [0.717, 1.165) is 16.7 Å². The molecule has 1 aromatic rings. The van der Waals surface area contributed by atoms with Crippen LogP contribution in [0.1, 0.15) is 20.3 Å². The Morgan fingerprint density at radius 1 is 1.33 bits per heavy atom. The maximum Gasteiger partial charge on any atom is 0.157 e. The minimum absolute atomic E-state index is 0.171. The summed E-state index contributed by atoms with van der Waals surface area (Å²) in [6, 6.07) is 9.86. The molecule has 1 aliphatic heterocycles. The zero-order valence-electron chi connectivity index (χ0n) is 11.0. The van der Waals surface area contributed by atoms with Crippen LogP contribution in [0.3, 0.4) is 0 Å². The van der Waals surface area contributed by atoms with Crippen molar-refractivity contribution in [2.45, 2.75) is 25.8 Å². The molecule has 0 aliphatic carbocycles. The molecule has 18 heavy (non-hydrogen) atoms. The number of thioether (sulfide) groups is 1. The van der Waals surface area contributed by atoms with Crippen molar-refractivity contribution < 1.29 is 4.74 Å². The van der Waals surface area contributed by atoms with Gasteiger partial charge in [0.1, 0.15) is 12.4 Å². The third-order valence-electron chi connectivity index (χ3n) is 2.77. The van der Waals surface area contributed by atoms with Crippen molar-refractivity contribution in [3.8, 4) is 5.75 Å². The van der Waals surface area contributed by atoms with E-state index in [2.05, 4.69) is 24.2 Å². The quantitative estimate of drug-likeness (QED) is 0.849. The van der Waals surface area contributed by atoms with Crippen LogP contribution in [0.25, 0.3) is 0 Å². The third-order valence-corrected chi connectivity index (χ3v) is 3.68. The van der Waals surface area contributed by atoms with E-state index in [1.807, 2.05) is 30.3 Å². The fraction of sp³-hybridized carbons (Fsp3) is 0.500. The zero-order valence-corrected chi connectivity index (χ0v) is 11.8. The van der Waals surface area contributed by atoms with Gasteiger partial charge in [0.05, 0.1) is 6.54 Å². The van der Waals surface area contributed by atoms with Gasteiger partial charge in [-0.25, -0.2) is 0 Å². The van der Waals surface area contributed by atoms with Crippen molar-refractivity contribution in [3.05, 3.63) is 30.3 Å². The van der Waals surface area contributed by atoms with Gasteiger partial charge < -0.3 is 10.1 Å². The molecule has 1 aromatic carbocycles. The van der Waals surface area contributed by atoms with Crippen LogP contribution in [0.15, 0.2) is 35.3 Å². The fourth-order valence-corrected chi connectivity index (χ4v) is 3.04. The molecule has 0 bridgehead atoms. The second-order valence-corrected chi connectivity index (χ2v) is 6.04. The van der Waals surface area contributed by atoms with E-state index >= 15 is 0 Å². The van der Waals surface area contributed by atoms with E-state index in [9.17, 15) is 0 Å². The average Bonchev–Trinajstić information content (AvgIpc) is 2.35. The lowest BCUT2D eigenvalue weighted by atomic mass is 10.0. The van der Waals surface area contributed by atoms with Gasteiger partial charge in [-0.1, -0.05) is 30.0 Å². The summed E-state index contributed by atoms with van der Waals surface area (Å²) in [4.78, 5) is 4.54. The van der Waals surface area contributed by atoms with Crippen LogP contribution in [-0.4, -0.2) is 29.6 Å². The first-order chi connectivity index (χ1) is 8.66. The summed E-state index contributed by atoms with van der Waals surface area (Å²) < 4.78 is 5.60. The lowest BCUT2D eigenvalue weighted by Crippen LogP contribution is -2.46. The molecule has 0 radical (unpaired) electrons. The Balaban J connectivity index is 1.74. The van der Waals surface area contributed by atoms with Gasteiger partial charge in [-0.2, -0.15) is 0 Å². The summed E-state index contributed by atoms with van der Waals surface area (Å²) in [5, 5.41) is 4.49. The number of aliphatic imine (C=N–C) groups is 1. The standard InChI is InChI=1S/C14H20N2OS/c1-14(2)8-11-18-13(16-14)15-9-10-17-12-6-4-3-5-7-12/h3-7H,8-11H2,1-2H3,(H,15,16). The lowest BCUT2D eigenvalue weighted by Gasteiger charge is -2.32. The topological polar surface area (TPSA) is 33.6 Å². The van der Waals surface area contributed by atoms with Crippen molar-refractivity contribution in [2.75, 3.05) is 18.9 Å². The maximum absolute atomic E-state index is 5.60. The molecule has 0 unspecified atom stereocenters. The Bertz CT molecular complexity index is 404. The number of nitrogens with zero attached hydrogens (tertiary/aromatic N) is 1. The molecule has 0 aromatic heterocycles. The molecule has 0 amide bonds. The van der Waals surface area contributed by atoms with Gasteiger partial charge in [0.25, 0.3) is 0 Å². The van der Waals surface area contributed by atoms with E-state index < -0.39 is 0 Å². The largest absolute Gasteiger partial charge is 0.492 e. The van der Waals surface area contributed by atoms with Gasteiger partial charge in [-0.05, 0) is 32.4 Å². The molecule has 0 spiro atoms. The van der Waals surface area contributed by atoms with Gasteiger partial charge in [0.15, 0.2) is 5.17 Å². The molecule has 4 heteroatoms. The van der Waals surface area contributed by atoms with E-state index in [1.54, 1.807) is 11.8 Å². The minimum Gasteiger partial charge on any atom is -0.492 e. The molecular formula is C14H20N2OS. The van der Waals surface area contributed by atoms with Gasteiger partial charge in [-0.15, -0.1) is 0 Å². The molecule has 1 saturated heterocycles. The van der Waals surface area contributed by atoms with Crippen LogP contribution in [0, 0.1) is 0 Å². The Kier molecular flexibility index (Phi) is 4.53. The molecule has 1 heterocycles. The molecule has 0 atom stereocenters. The number of hydrogen-bond donors (Lipinski definition) is 1. The number of ether oxygens (including phenoxy) is 1. The Morgan fingerprint density at radius 2 is 2.11 bits per heavy atom. The normalized spacial score (nSPS) is 20.4. The highest BCUT2D eigenvalue weighted by Crippen LogP contribution is 2.21. The number of hydrogen-bond acceptors (Lipinski definition) is 3. The van der Waals surface area contributed by atoms with Gasteiger partial charge in [-0.3, -0.25) is 4.99 Å². The molecule has 1 N–H and O–H groups in total. The highest BCUT2D eigenvalue weighted by molar-refractivity contribution is 8.13. The predicted octanol–water partition coefficient (Wildman–Crippen LogP) is 2.93. The molecular weight excluding hydrogens is 244 g/mol. The number of para-hydroxylation sites is 1. The van der Waals surface area contributed by atoms with Crippen LogP contribution in [0.2, 0.25) is 0 Å². The first-order valence-electron chi connectivity index (χ1n) is 6.29. The first kappa shape index (κ1) is 13.3. The van der Waals surface area contributed by atoms with E-state index in [4.69, 9.17) is 4.74 Å². The van der Waals surface area contributed by atoms with Gasteiger partial charge in [0, 0.05) is 11.3 Å². The second-order valence-electron chi connectivity index (χ2n) is 4.96. The monoisotopic (exact) mass is 264 g/mol. The van der Waals surface area contributed by atoms with Gasteiger partial charge in [0.2, 0.25) is 0 Å². The Labute approximate surface area is 113 Å². The van der Waals surface area contributed by atoms with E-state index in [-0.39, 0.29) is 5.54 Å². The summed E-state index contributed by atoms with van der Waals surface area (Å²) in [7, 11) is 0. The van der Waals surface area contributed by atoms with E-state index in [0.29, 0.717) is 13.2 Å².